The van der Waals surface area contributed by atoms with E-state index < -0.39 is 0 Å². The zero-order valence-corrected chi connectivity index (χ0v) is 7.22. The Hall–Kier alpha value is -1.70. The summed E-state index contributed by atoms with van der Waals surface area (Å²) in [6.45, 7) is 0. The van der Waals surface area contributed by atoms with Gasteiger partial charge in [0.15, 0.2) is 0 Å². The van der Waals surface area contributed by atoms with Crippen LogP contribution >= 0.6 is 0 Å². The second-order valence-corrected chi connectivity index (χ2v) is 3.38. The number of fused-ring (bicyclic) bond motifs is 4. The zero-order chi connectivity index (χ0) is 9.71. The molecular weight excluding hydrogens is 182 g/mol. The Morgan fingerprint density at radius 3 is 1.43 bits per heavy atom. The first-order valence-electron chi connectivity index (χ1n) is 4.35. The summed E-state index contributed by atoms with van der Waals surface area (Å²) in [7, 11) is 0. The van der Waals surface area contributed by atoms with Gasteiger partial charge in [0.2, 0.25) is 0 Å². The summed E-state index contributed by atoms with van der Waals surface area (Å²) >= 11 is 0. The van der Waals surface area contributed by atoms with Gasteiger partial charge in [-0.25, -0.2) is 8.78 Å². The maximum atomic E-state index is 12.9. The van der Waals surface area contributed by atoms with Crippen LogP contribution in [0.1, 0.15) is 0 Å². The number of halogens is 2. The molecule has 0 saturated heterocycles. The molecule has 68 valence electrons. The van der Waals surface area contributed by atoms with E-state index >= 15 is 0 Å². The van der Waals surface area contributed by atoms with Crippen LogP contribution in [0.4, 0.5) is 8.78 Å². The minimum atomic E-state index is -0.251. The molecule has 0 fully saturated rings. The highest BCUT2D eigenvalue weighted by atomic mass is 19.1. The minimum absolute atomic E-state index is 0.251. The van der Waals surface area contributed by atoms with Gasteiger partial charge in [-0.15, -0.1) is 0 Å². The summed E-state index contributed by atoms with van der Waals surface area (Å²) in [5.41, 5.74) is 3.61. The van der Waals surface area contributed by atoms with Gasteiger partial charge in [-0.1, -0.05) is 12.1 Å². The molecule has 1 aliphatic rings. The molecule has 0 heterocycles. The van der Waals surface area contributed by atoms with Crippen molar-refractivity contribution in [2.45, 2.75) is 0 Å². The molecular formula is C12H6F2. The number of benzene rings is 2. The molecule has 14 heavy (non-hydrogen) atoms. The largest absolute Gasteiger partial charge is 0.207 e. The Labute approximate surface area is 79.8 Å². The lowest BCUT2D eigenvalue weighted by Gasteiger charge is -2.23. The molecule has 0 atom stereocenters. The van der Waals surface area contributed by atoms with E-state index in [1.807, 2.05) is 0 Å². The summed E-state index contributed by atoms with van der Waals surface area (Å²) in [6, 6.07) is 9.13. The van der Waals surface area contributed by atoms with Gasteiger partial charge < -0.3 is 0 Å². The van der Waals surface area contributed by atoms with Crippen LogP contribution in [0.2, 0.25) is 0 Å². The Bertz CT molecular complexity index is 466. The van der Waals surface area contributed by atoms with Crippen molar-refractivity contribution < 1.29 is 8.78 Å². The molecule has 0 aromatic heterocycles. The molecule has 0 radical (unpaired) electrons. The van der Waals surface area contributed by atoms with E-state index in [1.165, 1.54) is 24.3 Å². The van der Waals surface area contributed by atoms with Crippen molar-refractivity contribution >= 4 is 0 Å². The predicted octanol–water partition coefficient (Wildman–Crippen LogP) is 3.61. The molecule has 1 aliphatic carbocycles. The van der Waals surface area contributed by atoms with E-state index in [2.05, 4.69) is 0 Å². The summed E-state index contributed by atoms with van der Waals surface area (Å²) in [5, 5.41) is 0. The fourth-order valence-electron chi connectivity index (χ4n) is 1.89. The van der Waals surface area contributed by atoms with E-state index in [4.69, 9.17) is 0 Å². The third kappa shape index (κ3) is 0.854. The van der Waals surface area contributed by atoms with Crippen LogP contribution in [0.15, 0.2) is 36.4 Å². The highest BCUT2D eigenvalue weighted by Gasteiger charge is 2.22. The van der Waals surface area contributed by atoms with E-state index in [9.17, 15) is 8.78 Å². The smallest absolute Gasteiger partial charge is 0.123 e. The molecule has 0 N–H and O–H groups in total. The molecule has 0 nitrogen and oxygen atoms in total. The maximum absolute atomic E-state index is 12.9. The first kappa shape index (κ1) is 7.68. The molecule has 3 rings (SSSR count). The number of hydrogen-bond donors (Lipinski definition) is 0. The zero-order valence-electron chi connectivity index (χ0n) is 7.22. The third-order valence-electron chi connectivity index (χ3n) is 2.54. The third-order valence-corrected chi connectivity index (χ3v) is 2.54. The summed E-state index contributed by atoms with van der Waals surface area (Å²) in [6.07, 6.45) is 0. The standard InChI is InChI=1S/C12H6F2/c13-7-1-3-9-11(5-7)10-4-2-8(14)6-12(9)10/h1-6H. The Kier molecular flexibility index (Phi) is 1.32. The lowest BCUT2D eigenvalue weighted by atomic mass is 9.81. The van der Waals surface area contributed by atoms with Crippen LogP contribution in [0.3, 0.4) is 0 Å². The van der Waals surface area contributed by atoms with Crippen molar-refractivity contribution in [1.29, 1.82) is 0 Å². The van der Waals surface area contributed by atoms with Gasteiger partial charge in [-0.3, -0.25) is 0 Å². The Balaban J connectivity index is 2.25. The molecule has 2 aromatic rings. The Morgan fingerprint density at radius 2 is 1.00 bits per heavy atom. The average molecular weight is 188 g/mol. The van der Waals surface area contributed by atoms with Crippen molar-refractivity contribution in [2.24, 2.45) is 0 Å². The fraction of sp³-hybridized carbons (Fsp3) is 0. The van der Waals surface area contributed by atoms with Crippen molar-refractivity contribution in [3.63, 3.8) is 0 Å². The molecule has 0 bridgehead atoms. The van der Waals surface area contributed by atoms with Gasteiger partial charge in [0, 0.05) is 0 Å². The average Bonchev–Trinajstić information content (AvgIpc) is 2.16. The SMILES string of the molecule is Fc1ccc2c(c1)-c1ccc(F)cc1-2. The van der Waals surface area contributed by atoms with Crippen LogP contribution in [0.5, 0.6) is 0 Å². The lowest BCUT2D eigenvalue weighted by Crippen LogP contribution is -1.99. The van der Waals surface area contributed by atoms with Crippen LogP contribution in [-0.4, -0.2) is 0 Å². The molecule has 0 aliphatic heterocycles. The first-order valence-corrected chi connectivity index (χ1v) is 4.35. The van der Waals surface area contributed by atoms with E-state index in [0.29, 0.717) is 0 Å². The molecule has 0 spiro atoms. The number of rotatable bonds is 0. The van der Waals surface area contributed by atoms with Crippen LogP contribution in [0, 0.1) is 11.6 Å². The van der Waals surface area contributed by atoms with Crippen LogP contribution in [-0.2, 0) is 0 Å². The molecule has 0 amide bonds. The molecule has 2 aromatic carbocycles. The van der Waals surface area contributed by atoms with Crippen molar-refractivity contribution in [2.75, 3.05) is 0 Å². The van der Waals surface area contributed by atoms with E-state index in [-0.39, 0.29) is 11.6 Å². The van der Waals surface area contributed by atoms with Crippen molar-refractivity contribution in [3.05, 3.63) is 48.0 Å². The molecule has 0 saturated carbocycles. The van der Waals surface area contributed by atoms with Gasteiger partial charge in [0.25, 0.3) is 0 Å². The first-order chi connectivity index (χ1) is 6.75. The van der Waals surface area contributed by atoms with Crippen LogP contribution in [0.25, 0.3) is 22.3 Å². The second-order valence-electron chi connectivity index (χ2n) is 3.38. The van der Waals surface area contributed by atoms with Gasteiger partial charge in [0.1, 0.15) is 11.6 Å². The quantitative estimate of drug-likeness (QED) is 0.505. The van der Waals surface area contributed by atoms with E-state index in [1.54, 1.807) is 12.1 Å². The second kappa shape index (κ2) is 2.41. The van der Waals surface area contributed by atoms with Crippen LogP contribution < -0.4 is 0 Å². The van der Waals surface area contributed by atoms with Gasteiger partial charge in [-0.05, 0) is 46.5 Å². The van der Waals surface area contributed by atoms with Gasteiger partial charge >= 0.3 is 0 Å². The highest BCUT2D eigenvalue weighted by molar-refractivity contribution is 6.02. The highest BCUT2D eigenvalue weighted by Crippen LogP contribution is 2.47. The lowest BCUT2D eigenvalue weighted by molar-refractivity contribution is 0.626. The van der Waals surface area contributed by atoms with Gasteiger partial charge in [-0.2, -0.15) is 0 Å². The maximum Gasteiger partial charge on any atom is 0.123 e. The normalized spacial score (nSPS) is 11.6. The summed E-state index contributed by atoms with van der Waals surface area (Å²) < 4.78 is 25.8. The predicted molar refractivity (Wildman–Crippen MR) is 50.8 cm³/mol. The molecule has 0 unspecified atom stereocenters. The van der Waals surface area contributed by atoms with Crippen molar-refractivity contribution in [1.82, 2.24) is 0 Å². The topological polar surface area (TPSA) is 0 Å². The molecule has 2 heteroatoms. The summed E-state index contributed by atoms with van der Waals surface area (Å²) in [4.78, 5) is 0. The Morgan fingerprint density at radius 1 is 0.571 bits per heavy atom. The fourth-order valence-corrected chi connectivity index (χ4v) is 1.89. The summed E-state index contributed by atoms with van der Waals surface area (Å²) in [5.74, 6) is -0.502. The minimum Gasteiger partial charge on any atom is -0.207 e. The monoisotopic (exact) mass is 188 g/mol. The number of hydrogen-bond acceptors (Lipinski definition) is 0. The van der Waals surface area contributed by atoms with Crippen molar-refractivity contribution in [3.8, 4) is 22.3 Å². The van der Waals surface area contributed by atoms with Gasteiger partial charge in [0.05, 0.1) is 0 Å². The van der Waals surface area contributed by atoms with E-state index in [0.717, 1.165) is 22.3 Å².